The van der Waals surface area contributed by atoms with Gasteiger partial charge in [-0.05, 0) is 5.56 Å². The lowest BCUT2D eigenvalue weighted by Gasteiger charge is -2.11. The average molecular weight is 228 g/mol. The molecule has 0 bridgehead atoms. The highest BCUT2D eigenvalue weighted by Crippen LogP contribution is 2.11. The molecule has 1 heterocycles. The Bertz CT molecular complexity index is 486. The Labute approximate surface area is 98.7 Å². The second-order valence-corrected chi connectivity index (χ2v) is 3.47. The number of carbonyl (C=O) groups excluding carboxylic acids is 1. The van der Waals surface area contributed by atoms with Crippen molar-refractivity contribution in [3.05, 3.63) is 54.5 Å². The second kappa shape index (κ2) is 5.18. The van der Waals surface area contributed by atoms with Gasteiger partial charge in [0.15, 0.2) is 5.82 Å². The van der Waals surface area contributed by atoms with Gasteiger partial charge in [-0.3, -0.25) is 9.78 Å². The van der Waals surface area contributed by atoms with Gasteiger partial charge in [-0.2, -0.15) is 0 Å². The number of hydrogen-bond acceptors (Lipinski definition) is 4. The predicted octanol–water partition coefficient (Wildman–Crippen LogP) is 1.12. The molecule has 1 amide bonds. The Morgan fingerprint density at radius 1 is 1.24 bits per heavy atom. The first-order chi connectivity index (χ1) is 8.27. The lowest BCUT2D eigenvalue weighted by Crippen LogP contribution is -2.28. The number of rotatable bonds is 3. The van der Waals surface area contributed by atoms with Gasteiger partial charge in [0.25, 0.3) is 0 Å². The maximum atomic E-state index is 11.8. The van der Waals surface area contributed by atoms with Crippen molar-refractivity contribution in [2.75, 3.05) is 5.32 Å². The van der Waals surface area contributed by atoms with E-state index in [1.54, 1.807) is 12.1 Å². The van der Waals surface area contributed by atoms with Crippen LogP contribution < -0.4 is 11.1 Å². The van der Waals surface area contributed by atoms with Crippen LogP contribution in [-0.2, 0) is 4.79 Å². The fraction of sp³-hybridized carbons (Fsp3) is 0.0833. The number of hydrogen-bond donors (Lipinski definition) is 2. The standard InChI is InChI=1S/C12H12N4O/c13-11(9-4-2-1-3-5-9)12(17)16-10-8-14-6-7-15-10/h1-8,11H,13H2,(H,15,16,17)/t11-/m0/s1. The average Bonchev–Trinajstić information content (AvgIpc) is 2.40. The smallest absolute Gasteiger partial charge is 0.247 e. The van der Waals surface area contributed by atoms with E-state index in [0.717, 1.165) is 5.56 Å². The van der Waals surface area contributed by atoms with Gasteiger partial charge >= 0.3 is 0 Å². The largest absolute Gasteiger partial charge is 0.316 e. The van der Waals surface area contributed by atoms with E-state index in [9.17, 15) is 4.79 Å². The lowest BCUT2D eigenvalue weighted by atomic mass is 10.1. The number of benzene rings is 1. The van der Waals surface area contributed by atoms with E-state index in [1.807, 2.05) is 18.2 Å². The molecule has 0 radical (unpaired) electrons. The van der Waals surface area contributed by atoms with E-state index >= 15 is 0 Å². The number of nitrogens with one attached hydrogen (secondary N) is 1. The highest BCUT2D eigenvalue weighted by Gasteiger charge is 2.15. The maximum absolute atomic E-state index is 11.8. The topological polar surface area (TPSA) is 80.9 Å². The molecular weight excluding hydrogens is 216 g/mol. The van der Waals surface area contributed by atoms with Crippen molar-refractivity contribution in [2.24, 2.45) is 5.73 Å². The zero-order chi connectivity index (χ0) is 12.1. The van der Waals surface area contributed by atoms with Crippen LogP contribution in [0.5, 0.6) is 0 Å². The van der Waals surface area contributed by atoms with Gasteiger partial charge < -0.3 is 11.1 Å². The van der Waals surface area contributed by atoms with Crippen LogP contribution in [0.3, 0.4) is 0 Å². The molecule has 5 heteroatoms. The summed E-state index contributed by atoms with van der Waals surface area (Å²) in [5.41, 5.74) is 6.58. The summed E-state index contributed by atoms with van der Waals surface area (Å²) in [7, 11) is 0. The van der Waals surface area contributed by atoms with Gasteiger partial charge in [-0.15, -0.1) is 0 Å². The molecule has 0 spiro atoms. The molecule has 0 saturated heterocycles. The highest BCUT2D eigenvalue weighted by molar-refractivity contribution is 5.94. The molecule has 1 aromatic heterocycles. The SMILES string of the molecule is N[C@H](C(=O)Nc1cnccn1)c1ccccc1. The zero-order valence-corrected chi connectivity index (χ0v) is 9.08. The van der Waals surface area contributed by atoms with E-state index in [-0.39, 0.29) is 5.91 Å². The Morgan fingerprint density at radius 3 is 2.65 bits per heavy atom. The summed E-state index contributed by atoms with van der Waals surface area (Å²) in [6.45, 7) is 0. The molecule has 0 aliphatic heterocycles. The van der Waals surface area contributed by atoms with Crippen molar-refractivity contribution < 1.29 is 4.79 Å². The highest BCUT2D eigenvalue weighted by atomic mass is 16.2. The molecule has 0 aliphatic carbocycles. The number of aromatic nitrogens is 2. The van der Waals surface area contributed by atoms with Gasteiger partial charge in [0.05, 0.1) is 6.20 Å². The summed E-state index contributed by atoms with van der Waals surface area (Å²) in [6.07, 6.45) is 4.51. The van der Waals surface area contributed by atoms with E-state index in [0.29, 0.717) is 5.82 Å². The molecule has 2 aromatic rings. The maximum Gasteiger partial charge on any atom is 0.247 e. The van der Waals surface area contributed by atoms with Gasteiger partial charge in [0, 0.05) is 12.4 Å². The quantitative estimate of drug-likeness (QED) is 0.824. The minimum Gasteiger partial charge on any atom is -0.316 e. The summed E-state index contributed by atoms with van der Waals surface area (Å²) in [5.74, 6) is 0.0839. The number of amides is 1. The van der Waals surface area contributed by atoms with Crippen molar-refractivity contribution in [2.45, 2.75) is 6.04 Å². The van der Waals surface area contributed by atoms with E-state index < -0.39 is 6.04 Å². The molecule has 3 N–H and O–H groups in total. The fourth-order valence-corrected chi connectivity index (χ4v) is 1.38. The van der Waals surface area contributed by atoms with Crippen LogP contribution in [0.1, 0.15) is 11.6 Å². The first kappa shape index (κ1) is 11.2. The third-order valence-corrected chi connectivity index (χ3v) is 2.26. The van der Waals surface area contributed by atoms with Crippen molar-refractivity contribution in [3.63, 3.8) is 0 Å². The first-order valence-corrected chi connectivity index (χ1v) is 5.15. The monoisotopic (exact) mass is 228 g/mol. The minimum absolute atomic E-state index is 0.309. The Morgan fingerprint density at radius 2 is 2.00 bits per heavy atom. The van der Waals surface area contributed by atoms with Gasteiger partial charge in [-0.1, -0.05) is 30.3 Å². The summed E-state index contributed by atoms with van der Waals surface area (Å²) in [4.78, 5) is 19.6. The molecular formula is C12H12N4O. The Kier molecular flexibility index (Phi) is 3.42. The van der Waals surface area contributed by atoms with E-state index in [1.165, 1.54) is 18.6 Å². The molecule has 86 valence electrons. The van der Waals surface area contributed by atoms with Crippen LogP contribution in [0.4, 0.5) is 5.82 Å². The molecule has 0 aliphatic rings. The fourth-order valence-electron chi connectivity index (χ4n) is 1.38. The summed E-state index contributed by atoms with van der Waals surface area (Å²) >= 11 is 0. The Hall–Kier alpha value is -2.27. The Balaban J connectivity index is 2.06. The van der Waals surface area contributed by atoms with Crippen LogP contribution in [0, 0.1) is 0 Å². The second-order valence-electron chi connectivity index (χ2n) is 3.47. The van der Waals surface area contributed by atoms with Crippen LogP contribution in [0.15, 0.2) is 48.9 Å². The third kappa shape index (κ3) is 2.85. The molecule has 0 fully saturated rings. The summed E-state index contributed by atoms with van der Waals surface area (Å²) in [5, 5.41) is 2.60. The van der Waals surface area contributed by atoms with Crippen LogP contribution >= 0.6 is 0 Å². The normalized spacial score (nSPS) is 11.8. The summed E-state index contributed by atoms with van der Waals surface area (Å²) in [6, 6.07) is 8.45. The van der Waals surface area contributed by atoms with E-state index in [4.69, 9.17) is 5.73 Å². The van der Waals surface area contributed by atoms with Crippen LogP contribution in [-0.4, -0.2) is 15.9 Å². The molecule has 17 heavy (non-hydrogen) atoms. The molecule has 1 aromatic carbocycles. The minimum atomic E-state index is -0.710. The van der Waals surface area contributed by atoms with Gasteiger partial charge in [0.1, 0.15) is 6.04 Å². The zero-order valence-electron chi connectivity index (χ0n) is 9.08. The molecule has 0 unspecified atom stereocenters. The molecule has 0 saturated carbocycles. The van der Waals surface area contributed by atoms with Gasteiger partial charge in [-0.25, -0.2) is 4.98 Å². The molecule has 5 nitrogen and oxygen atoms in total. The lowest BCUT2D eigenvalue weighted by molar-refractivity contribution is -0.117. The number of nitrogens with two attached hydrogens (primary N) is 1. The van der Waals surface area contributed by atoms with Crippen molar-refractivity contribution in [1.82, 2.24) is 9.97 Å². The summed E-state index contributed by atoms with van der Waals surface area (Å²) < 4.78 is 0. The van der Waals surface area contributed by atoms with Crippen molar-refractivity contribution >= 4 is 11.7 Å². The van der Waals surface area contributed by atoms with Crippen LogP contribution in [0.2, 0.25) is 0 Å². The first-order valence-electron chi connectivity index (χ1n) is 5.15. The van der Waals surface area contributed by atoms with Crippen LogP contribution in [0.25, 0.3) is 0 Å². The number of nitrogens with zero attached hydrogens (tertiary/aromatic N) is 2. The van der Waals surface area contributed by atoms with E-state index in [2.05, 4.69) is 15.3 Å². The molecule has 2 rings (SSSR count). The number of anilines is 1. The number of carbonyl (C=O) groups is 1. The van der Waals surface area contributed by atoms with Crippen molar-refractivity contribution in [1.29, 1.82) is 0 Å². The molecule has 1 atom stereocenters. The van der Waals surface area contributed by atoms with Crippen molar-refractivity contribution in [3.8, 4) is 0 Å². The third-order valence-electron chi connectivity index (χ3n) is 2.26. The van der Waals surface area contributed by atoms with Gasteiger partial charge in [0.2, 0.25) is 5.91 Å². The predicted molar refractivity (Wildman–Crippen MR) is 64.0 cm³/mol.